The van der Waals surface area contributed by atoms with Crippen LogP contribution in [0.1, 0.15) is 31.8 Å². The zero-order valence-corrected chi connectivity index (χ0v) is 12.9. The number of benzene rings is 2. The summed E-state index contributed by atoms with van der Waals surface area (Å²) in [5, 5.41) is 19.8. The first-order valence-corrected chi connectivity index (χ1v) is 7.07. The monoisotopic (exact) mass is 329 g/mol. The molecule has 1 N–H and O–H groups in total. The summed E-state index contributed by atoms with van der Waals surface area (Å²) in [5.74, 6) is -1.21. The van der Waals surface area contributed by atoms with Crippen molar-refractivity contribution in [1.29, 1.82) is 0 Å². The van der Waals surface area contributed by atoms with E-state index in [1.54, 1.807) is 19.1 Å². The molecule has 0 aliphatic rings. The number of hydrogen-bond acceptors (Lipinski definition) is 6. The van der Waals surface area contributed by atoms with E-state index in [4.69, 9.17) is 9.84 Å². The van der Waals surface area contributed by atoms with Gasteiger partial charge in [0.25, 0.3) is 5.69 Å². The number of aliphatic hydroxyl groups excluding tert-OH is 1. The second-order valence-corrected chi connectivity index (χ2v) is 5.11. The van der Waals surface area contributed by atoms with Crippen molar-refractivity contribution in [3.8, 4) is 0 Å². The molecule has 24 heavy (non-hydrogen) atoms. The second-order valence-electron chi connectivity index (χ2n) is 5.11. The maximum absolute atomic E-state index is 12.0. The van der Waals surface area contributed by atoms with Crippen LogP contribution in [-0.2, 0) is 11.3 Å². The Morgan fingerprint density at radius 3 is 2.33 bits per heavy atom. The van der Waals surface area contributed by atoms with Gasteiger partial charge in [-0.1, -0.05) is 24.3 Å². The van der Waals surface area contributed by atoms with Crippen molar-refractivity contribution < 1.29 is 24.4 Å². The Kier molecular flexibility index (Phi) is 5.39. The van der Waals surface area contributed by atoms with Crippen LogP contribution in [0, 0.1) is 17.0 Å². The third-order valence-corrected chi connectivity index (χ3v) is 3.43. The highest BCUT2D eigenvalue weighted by atomic mass is 16.6. The van der Waals surface area contributed by atoms with Gasteiger partial charge in [-0.2, -0.15) is 0 Å². The Bertz CT molecular complexity index is 782. The van der Waals surface area contributed by atoms with Crippen molar-refractivity contribution in [1.82, 2.24) is 0 Å². The molecule has 0 aliphatic carbocycles. The molecular formula is C17H15NO6. The summed E-state index contributed by atoms with van der Waals surface area (Å²) in [6, 6.07) is 10.2. The van der Waals surface area contributed by atoms with Gasteiger partial charge in [-0.25, -0.2) is 4.79 Å². The normalized spacial score (nSPS) is 10.2. The molecule has 0 atom stereocenters. The Morgan fingerprint density at radius 1 is 1.12 bits per heavy atom. The van der Waals surface area contributed by atoms with E-state index in [2.05, 4.69) is 0 Å². The molecule has 0 aromatic heterocycles. The van der Waals surface area contributed by atoms with E-state index in [-0.39, 0.29) is 23.4 Å². The molecule has 2 aromatic rings. The number of Topliss-reactive ketones (excluding diaryl/α,β-unsaturated/α-hetero) is 1. The highest BCUT2D eigenvalue weighted by Gasteiger charge is 2.16. The van der Waals surface area contributed by atoms with E-state index in [1.165, 1.54) is 30.3 Å². The van der Waals surface area contributed by atoms with Gasteiger partial charge >= 0.3 is 5.97 Å². The molecule has 0 fully saturated rings. The molecule has 0 unspecified atom stereocenters. The Hall–Kier alpha value is -3.06. The minimum Gasteiger partial charge on any atom is -0.454 e. The average Bonchev–Trinajstić information content (AvgIpc) is 2.59. The van der Waals surface area contributed by atoms with Crippen molar-refractivity contribution in [2.45, 2.75) is 13.5 Å². The third kappa shape index (κ3) is 4.02. The number of esters is 1. The van der Waals surface area contributed by atoms with Crippen LogP contribution in [0.25, 0.3) is 0 Å². The van der Waals surface area contributed by atoms with Crippen molar-refractivity contribution >= 4 is 17.4 Å². The topological polar surface area (TPSA) is 107 Å². The maximum Gasteiger partial charge on any atom is 0.338 e. The molecule has 2 aromatic carbocycles. The molecule has 0 amide bonds. The van der Waals surface area contributed by atoms with E-state index in [0.717, 1.165) is 0 Å². The summed E-state index contributed by atoms with van der Waals surface area (Å²) in [6.45, 7) is 0.920. The number of rotatable bonds is 6. The standard InChI is InChI=1S/C17H15NO6/c1-11-2-5-14(8-15(11)18(22)23)16(20)10-24-17(21)13-6-3-12(9-19)4-7-13/h2-8,19H,9-10H2,1H3. The van der Waals surface area contributed by atoms with Gasteiger partial charge in [0, 0.05) is 17.2 Å². The lowest BCUT2D eigenvalue weighted by atomic mass is 10.1. The van der Waals surface area contributed by atoms with Crippen LogP contribution in [-0.4, -0.2) is 28.4 Å². The number of aliphatic hydroxyl groups is 1. The first-order chi connectivity index (χ1) is 11.4. The second kappa shape index (κ2) is 7.47. The minimum absolute atomic E-state index is 0.107. The Morgan fingerprint density at radius 2 is 1.75 bits per heavy atom. The highest BCUT2D eigenvalue weighted by molar-refractivity contribution is 5.99. The largest absolute Gasteiger partial charge is 0.454 e. The van der Waals surface area contributed by atoms with E-state index < -0.39 is 23.3 Å². The average molecular weight is 329 g/mol. The van der Waals surface area contributed by atoms with E-state index >= 15 is 0 Å². The summed E-state index contributed by atoms with van der Waals surface area (Å²) < 4.78 is 4.93. The number of hydrogen-bond donors (Lipinski definition) is 1. The lowest BCUT2D eigenvalue weighted by Crippen LogP contribution is -2.14. The number of carbonyl (C=O) groups is 2. The van der Waals surface area contributed by atoms with Crippen LogP contribution in [0.4, 0.5) is 5.69 Å². The van der Waals surface area contributed by atoms with Gasteiger partial charge in [0.2, 0.25) is 5.78 Å². The first-order valence-electron chi connectivity index (χ1n) is 7.07. The van der Waals surface area contributed by atoms with Crippen LogP contribution >= 0.6 is 0 Å². The number of nitrogens with zero attached hydrogens (tertiary/aromatic N) is 1. The molecule has 0 spiro atoms. The number of nitro groups is 1. The van der Waals surface area contributed by atoms with Gasteiger partial charge in [0.15, 0.2) is 6.61 Å². The van der Waals surface area contributed by atoms with Crippen LogP contribution in [0.2, 0.25) is 0 Å². The third-order valence-electron chi connectivity index (χ3n) is 3.43. The molecule has 0 bridgehead atoms. The van der Waals surface area contributed by atoms with Crippen LogP contribution < -0.4 is 0 Å². The fraction of sp³-hybridized carbons (Fsp3) is 0.176. The predicted molar refractivity (Wildman–Crippen MR) is 84.8 cm³/mol. The quantitative estimate of drug-likeness (QED) is 0.377. The van der Waals surface area contributed by atoms with Gasteiger partial charge in [0.1, 0.15) is 0 Å². The molecule has 0 heterocycles. The van der Waals surface area contributed by atoms with Crippen LogP contribution in [0.15, 0.2) is 42.5 Å². The van der Waals surface area contributed by atoms with Crippen molar-refractivity contribution in [2.75, 3.05) is 6.61 Å². The molecule has 0 saturated carbocycles. The Balaban J connectivity index is 2.03. The fourth-order valence-electron chi connectivity index (χ4n) is 2.02. The molecule has 124 valence electrons. The molecule has 0 aliphatic heterocycles. The minimum atomic E-state index is -0.686. The number of nitro benzene ring substituents is 1. The summed E-state index contributed by atoms with van der Waals surface area (Å²) >= 11 is 0. The van der Waals surface area contributed by atoms with E-state index in [9.17, 15) is 19.7 Å². The van der Waals surface area contributed by atoms with Crippen LogP contribution in [0.5, 0.6) is 0 Å². The molecular weight excluding hydrogens is 314 g/mol. The van der Waals surface area contributed by atoms with Gasteiger partial charge in [-0.05, 0) is 24.6 Å². The van der Waals surface area contributed by atoms with Gasteiger partial charge < -0.3 is 9.84 Å². The van der Waals surface area contributed by atoms with Crippen molar-refractivity contribution in [3.63, 3.8) is 0 Å². The molecule has 2 rings (SSSR count). The number of carbonyl (C=O) groups excluding carboxylic acids is 2. The predicted octanol–water partition coefficient (Wildman–Crippen LogP) is 2.44. The highest BCUT2D eigenvalue weighted by Crippen LogP contribution is 2.19. The van der Waals surface area contributed by atoms with E-state index in [0.29, 0.717) is 11.1 Å². The summed E-state index contributed by atoms with van der Waals surface area (Å²) in [7, 11) is 0. The fourth-order valence-corrected chi connectivity index (χ4v) is 2.02. The van der Waals surface area contributed by atoms with Gasteiger partial charge in [0.05, 0.1) is 17.1 Å². The maximum atomic E-state index is 12.0. The SMILES string of the molecule is Cc1ccc(C(=O)COC(=O)c2ccc(CO)cc2)cc1[N+](=O)[O-]. The van der Waals surface area contributed by atoms with Crippen molar-refractivity contribution in [3.05, 3.63) is 74.8 Å². The number of ketones is 1. The number of ether oxygens (including phenoxy) is 1. The molecule has 0 saturated heterocycles. The van der Waals surface area contributed by atoms with Crippen LogP contribution in [0.3, 0.4) is 0 Å². The smallest absolute Gasteiger partial charge is 0.338 e. The van der Waals surface area contributed by atoms with E-state index in [1.807, 2.05) is 0 Å². The zero-order chi connectivity index (χ0) is 17.7. The van der Waals surface area contributed by atoms with Gasteiger partial charge in [-0.3, -0.25) is 14.9 Å². The first kappa shape index (κ1) is 17.3. The lowest BCUT2D eigenvalue weighted by Gasteiger charge is -2.06. The number of aryl methyl sites for hydroxylation is 1. The lowest BCUT2D eigenvalue weighted by molar-refractivity contribution is -0.385. The molecule has 7 heteroatoms. The summed E-state index contributed by atoms with van der Waals surface area (Å²) in [4.78, 5) is 34.2. The molecule has 7 nitrogen and oxygen atoms in total. The summed E-state index contributed by atoms with van der Waals surface area (Å²) in [5.41, 5.74) is 1.28. The molecule has 0 radical (unpaired) electrons. The Labute approximate surface area is 137 Å². The summed E-state index contributed by atoms with van der Waals surface area (Å²) in [6.07, 6.45) is 0. The van der Waals surface area contributed by atoms with Gasteiger partial charge in [-0.15, -0.1) is 0 Å². The zero-order valence-electron chi connectivity index (χ0n) is 12.9. The van der Waals surface area contributed by atoms with Crippen molar-refractivity contribution in [2.24, 2.45) is 0 Å².